The number of carbonyl (C=O) groups is 1. The Morgan fingerprint density at radius 1 is 1.41 bits per heavy atom. The fourth-order valence-corrected chi connectivity index (χ4v) is 1.46. The van der Waals surface area contributed by atoms with Gasteiger partial charge < -0.3 is 10.6 Å². The van der Waals surface area contributed by atoms with Crippen molar-refractivity contribution < 1.29 is 4.79 Å². The molecule has 1 aromatic heterocycles. The topological polar surface area (TPSA) is 59.0 Å². The second-order valence-corrected chi connectivity index (χ2v) is 3.98. The smallest absolute Gasteiger partial charge is 0.221 e. The van der Waals surface area contributed by atoms with Gasteiger partial charge in [0, 0.05) is 44.4 Å². The highest BCUT2D eigenvalue weighted by atomic mass is 16.1. The van der Waals surface area contributed by atoms with Crippen LogP contribution in [0.3, 0.4) is 0 Å². The van der Waals surface area contributed by atoms with Gasteiger partial charge in [0.2, 0.25) is 5.91 Å². The number of hydrogen-bond acceptors (Lipinski definition) is 3. The van der Waals surface area contributed by atoms with Gasteiger partial charge in [0.15, 0.2) is 0 Å². The molecule has 1 aromatic rings. The lowest BCUT2D eigenvalue weighted by atomic mass is 10.3. The predicted molar refractivity (Wildman–Crippen MR) is 67.5 cm³/mol. The van der Waals surface area contributed by atoms with E-state index in [9.17, 15) is 4.79 Å². The maximum Gasteiger partial charge on any atom is 0.221 e. The number of nitrogens with zero attached hydrogens (tertiary/aromatic N) is 2. The van der Waals surface area contributed by atoms with Gasteiger partial charge in [-0.2, -0.15) is 5.10 Å². The maximum atomic E-state index is 11.3. The molecular weight excluding hydrogens is 216 g/mol. The zero-order chi connectivity index (χ0) is 12.5. The van der Waals surface area contributed by atoms with Crippen molar-refractivity contribution in [3.8, 4) is 0 Å². The van der Waals surface area contributed by atoms with Crippen molar-refractivity contribution in [3.63, 3.8) is 0 Å². The molecule has 0 aromatic carbocycles. The summed E-state index contributed by atoms with van der Waals surface area (Å²) in [6.07, 6.45) is 5.38. The zero-order valence-electron chi connectivity index (χ0n) is 10.7. The molecule has 0 atom stereocenters. The summed E-state index contributed by atoms with van der Waals surface area (Å²) in [5, 5.41) is 10.3. The number of aromatic nitrogens is 2. The van der Waals surface area contributed by atoms with Crippen LogP contribution < -0.4 is 10.6 Å². The number of amides is 1. The average molecular weight is 238 g/mol. The molecule has 1 rings (SSSR count). The quantitative estimate of drug-likeness (QED) is 0.662. The van der Waals surface area contributed by atoms with E-state index in [0.29, 0.717) is 13.0 Å². The highest BCUT2D eigenvalue weighted by Crippen LogP contribution is 1.96. The molecule has 2 N–H and O–H groups in total. The molecule has 0 fully saturated rings. The molecule has 0 saturated heterocycles. The highest BCUT2D eigenvalue weighted by Gasteiger charge is 2.00. The second-order valence-electron chi connectivity index (χ2n) is 3.98. The van der Waals surface area contributed by atoms with Crippen molar-refractivity contribution in [3.05, 3.63) is 18.0 Å². The normalized spacial score (nSPS) is 10.5. The van der Waals surface area contributed by atoms with E-state index in [1.165, 1.54) is 0 Å². The first-order chi connectivity index (χ1) is 8.26. The zero-order valence-corrected chi connectivity index (χ0v) is 10.7. The lowest BCUT2D eigenvalue weighted by Gasteiger charge is -2.04. The summed E-state index contributed by atoms with van der Waals surface area (Å²) in [4.78, 5) is 11.3. The van der Waals surface area contributed by atoms with Crippen LogP contribution in [0.4, 0.5) is 0 Å². The molecule has 0 spiro atoms. The van der Waals surface area contributed by atoms with Gasteiger partial charge in [-0.3, -0.25) is 9.48 Å². The van der Waals surface area contributed by atoms with Gasteiger partial charge in [-0.1, -0.05) is 6.92 Å². The molecule has 5 nitrogen and oxygen atoms in total. The van der Waals surface area contributed by atoms with Gasteiger partial charge in [0.1, 0.15) is 0 Å². The molecule has 0 aliphatic heterocycles. The highest BCUT2D eigenvalue weighted by molar-refractivity contribution is 5.75. The summed E-state index contributed by atoms with van der Waals surface area (Å²) >= 11 is 0. The largest absolute Gasteiger partial charge is 0.356 e. The molecule has 0 radical (unpaired) electrons. The molecule has 96 valence electrons. The Labute approximate surface area is 103 Å². The fourth-order valence-electron chi connectivity index (χ4n) is 1.46. The second kappa shape index (κ2) is 7.84. The molecule has 0 saturated carbocycles. The van der Waals surface area contributed by atoms with Crippen molar-refractivity contribution in [2.45, 2.75) is 39.8 Å². The van der Waals surface area contributed by atoms with E-state index in [4.69, 9.17) is 0 Å². The van der Waals surface area contributed by atoms with E-state index in [1.807, 2.05) is 24.0 Å². The molecule has 0 unspecified atom stereocenters. The molecule has 0 aliphatic carbocycles. The Kier molecular flexibility index (Phi) is 6.32. The van der Waals surface area contributed by atoms with Crippen LogP contribution in [-0.4, -0.2) is 28.8 Å². The Balaban J connectivity index is 2.09. The van der Waals surface area contributed by atoms with Crippen molar-refractivity contribution in [1.82, 2.24) is 20.4 Å². The van der Waals surface area contributed by atoms with E-state index in [0.717, 1.165) is 31.6 Å². The lowest BCUT2D eigenvalue weighted by Crippen LogP contribution is -2.27. The van der Waals surface area contributed by atoms with E-state index in [-0.39, 0.29) is 5.91 Å². The summed E-state index contributed by atoms with van der Waals surface area (Å²) in [7, 11) is 0. The van der Waals surface area contributed by atoms with Crippen molar-refractivity contribution in [2.24, 2.45) is 0 Å². The summed E-state index contributed by atoms with van der Waals surface area (Å²) in [6.45, 7) is 7.22. The first-order valence-electron chi connectivity index (χ1n) is 6.25. The van der Waals surface area contributed by atoms with Crippen molar-refractivity contribution >= 4 is 5.91 Å². The SMILES string of the molecule is CCCNC(=O)CCNCc1cnn(CC)c1. The molecule has 1 heterocycles. The van der Waals surface area contributed by atoms with Crippen molar-refractivity contribution in [2.75, 3.05) is 13.1 Å². The third-order valence-electron chi connectivity index (χ3n) is 2.44. The minimum absolute atomic E-state index is 0.114. The Morgan fingerprint density at radius 3 is 2.88 bits per heavy atom. The summed E-state index contributed by atoms with van der Waals surface area (Å²) < 4.78 is 1.89. The molecule has 0 aliphatic rings. The number of carbonyl (C=O) groups excluding carboxylic acids is 1. The standard InChI is InChI=1S/C12H22N4O/c1-3-6-14-12(17)5-7-13-8-11-9-15-16(4-2)10-11/h9-10,13H,3-8H2,1-2H3,(H,14,17). The van der Waals surface area contributed by atoms with Gasteiger partial charge in [0.05, 0.1) is 6.20 Å². The van der Waals surface area contributed by atoms with Gasteiger partial charge in [0.25, 0.3) is 0 Å². The minimum atomic E-state index is 0.114. The molecule has 1 amide bonds. The van der Waals surface area contributed by atoms with Gasteiger partial charge in [-0.25, -0.2) is 0 Å². The third-order valence-corrected chi connectivity index (χ3v) is 2.44. The van der Waals surface area contributed by atoms with E-state index >= 15 is 0 Å². The Bertz CT molecular complexity index is 335. The van der Waals surface area contributed by atoms with E-state index in [1.54, 1.807) is 0 Å². The Hall–Kier alpha value is -1.36. The van der Waals surface area contributed by atoms with Crippen molar-refractivity contribution in [1.29, 1.82) is 0 Å². The van der Waals surface area contributed by atoms with E-state index < -0.39 is 0 Å². The molecule has 5 heteroatoms. The number of rotatable bonds is 8. The van der Waals surface area contributed by atoms with Crippen LogP contribution in [0.2, 0.25) is 0 Å². The number of hydrogen-bond donors (Lipinski definition) is 2. The lowest BCUT2D eigenvalue weighted by molar-refractivity contribution is -0.120. The monoisotopic (exact) mass is 238 g/mol. The summed E-state index contributed by atoms with van der Waals surface area (Å²) in [6, 6.07) is 0. The first-order valence-corrected chi connectivity index (χ1v) is 6.25. The number of nitrogens with one attached hydrogen (secondary N) is 2. The minimum Gasteiger partial charge on any atom is -0.356 e. The third kappa shape index (κ3) is 5.49. The molecule has 17 heavy (non-hydrogen) atoms. The van der Waals surface area contributed by atoms with Crippen LogP contribution in [0.1, 0.15) is 32.3 Å². The van der Waals surface area contributed by atoms with Crippen LogP contribution in [0, 0.1) is 0 Å². The maximum absolute atomic E-state index is 11.3. The average Bonchev–Trinajstić information content (AvgIpc) is 2.80. The van der Waals surface area contributed by atoms with Crippen LogP contribution in [-0.2, 0) is 17.9 Å². The number of aryl methyl sites for hydroxylation is 1. The van der Waals surface area contributed by atoms with Crippen LogP contribution >= 0.6 is 0 Å². The predicted octanol–water partition coefficient (Wildman–Crippen LogP) is 0.909. The van der Waals surface area contributed by atoms with Crippen LogP contribution in [0.25, 0.3) is 0 Å². The van der Waals surface area contributed by atoms with Crippen LogP contribution in [0.15, 0.2) is 12.4 Å². The van der Waals surface area contributed by atoms with Gasteiger partial charge in [-0.05, 0) is 13.3 Å². The Morgan fingerprint density at radius 2 is 2.24 bits per heavy atom. The fraction of sp³-hybridized carbons (Fsp3) is 0.667. The summed E-state index contributed by atoms with van der Waals surface area (Å²) in [5.74, 6) is 0.114. The van der Waals surface area contributed by atoms with Gasteiger partial charge >= 0.3 is 0 Å². The van der Waals surface area contributed by atoms with E-state index in [2.05, 4.69) is 22.7 Å². The van der Waals surface area contributed by atoms with Crippen LogP contribution in [0.5, 0.6) is 0 Å². The van der Waals surface area contributed by atoms with Gasteiger partial charge in [-0.15, -0.1) is 0 Å². The molecular formula is C12H22N4O. The molecule has 0 bridgehead atoms. The summed E-state index contributed by atoms with van der Waals surface area (Å²) in [5.41, 5.74) is 1.15. The first kappa shape index (κ1) is 13.7.